The summed E-state index contributed by atoms with van der Waals surface area (Å²) in [4.78, 5) is 0. The highest BCUT2D eigenvalue weighted by molar-refractivity contribution is 8.00. The van der Waals surface area contributed by atoms with E-state index in [0.29, 0.717) is 5.92 Å². The molecule has 0 saturated heterocycles. The van der Waals surface area contributed by atoms with E-state index in [0.717, 1.165) is 0 Å². The molecule has 0 bridgehead atoms. The Morgan fingerprint density at radius 2 is 1.30 bits per heavy atom. The third-order valence-electron chi connectivity index (χ3n) is 1.91. The first-order chi connectivity index (χ1) is 4.19. The van der Waals surface area contributed by atoms with Crippen LogP contribution in [0.1, 0.15) is 34.6 Å². The van der Waals surface area contributed by atoms with Crippen molar-refractivity contribution >= 4 is 25.3 Å². The van der Waals surface area contributed by atoms with Gasteiger partial charge >= 0.3 is 0 Å². The van der Waals surface area contributed by atoms with Crippen molar-refractivity contribution in [3.8, 4) is 0 Å². The Morgan fingerprint density at radius 3 is 1.30 bits per heavy atom. The Bertz CT molecular complexity index is 109. The van der Waals surface area contributed by atoms with Gasteiger partial charge in [-0.3, -0.25) is 0 Å². The number of hydrogen-bond acceptors (Lipinski definition) is 2. The highest BCUT2D eigenvalue weighted by Gasteiger charge is 2.37. The minimum atomic E-state index is -0.174. The summed E-state index contributed by atoms with van der Waals surface area (Å²) >= 11 is 9.05. The molecule has 0 aromatic heterocycles. The summed E-state index contributed by atoms with van der Waals surface area (Å²) in [6.45, 7) is 10.8. The van der Waals surface area contributed by atoms with Crippen molar-refractivity contribution < 1.29 is 0 Å². The third kappa shape index (κ3) is 2.09. The van der Waals surface area contributed by atoms with Crippen LogP contribution < -0.4 is 0 Å². The van der Waals surface area contributed by atoms with E-state index in [1.54, 1.807) is 0 Å². The Morgan fingerprint density at radius 1 is 1.00 bits per heavy atom. The predicted molar refractivity (Wildman–Crippen MR) is 55.0 cm³/mol. The van der Waals surface area contributed by atoms with Gasteiger partial charge in [0.15, 0.2) is 0 Å². The second kappa shape index (κ2) is 2.98. The smallest absolute Gasteiger partial charge is 0.0622 e. The maximum Gasteiger partial charge on any atom is 0.0622 e. The third-order valence-corrected chi connectivity index (χ3v) is 4.28. The molecule has 0 aliphatic heterocycles. The standard InChI is InChI=1S/C8H18S2/c1-6(2)8(9,10)7(3,4)5/h6,9-10H,1-5H3. The van der Waals surface area contributed by atoms with Crippen LogP contribution in [0.4, 0.5) is 0 Å². The lowest BCUT2D eigenvalue weighted by Gasteiger charge is -2.40. The van der Waals surface area contributed by atoms with Crippen LogP contribution in [0.2, 0.25) is 0 Å². The molecular weight excluding hydrogens is 160 g/mol. The quantitative estimate of drug-likeness (QED) is 0.447. The molecule has 0 aromatic rings. The van der Waals surface area contributed by atoms with Crippen molar-refractivity contribution in [1.82, 2.24) is 0 Å². The second-order valence-electron chi connectivity index (χ2n) is 4.13. The minimum Gasteiger partial charge on any atom is -0.161 e. The van der Waals surface area contributed by atoms with E-state index in [2.05, 4.69) is 59.9 Å². The first-order valence-electron chi connectivity index (χ1n) is 3.64. The highest BCUT2D eigenvalue weighted by Crippen LogP contribution is 2.44. The molecule has 0 heterocycles. The predicted octanol–water partition coefficient (Wildman–Crippen LogP) is 3.24. The van der Waals surface area contributed by atoms with Crippen molar-refractivity contribution in [2.75, 3.05) is 0 Å². The molecule has 0 aromatic carbocycles. The van der Waals surface area contributed by atoms with Crippen LogP contribution in [0, 0.1) is 11.3 Å². The SMILES string of the molecule is CC(C)C(S)(S)C(C)(C)C. The fourth-order valence-corrected chi connectivity index (χ4v) is 0.866. The van der Waals surface area contributed by atoms with E-state index in [-0.39, 0.29) is 9.49 Å². The topological polar surface area (TPSA) is 0 Å². The lowest BCUT2D eigenvalue weighted by atomic mass is 9.84. The average molecular weight is 178 g/mol. The fourth-order valence-electron chi connectivity index (χ4n) is 0.866. The zero-order valence-corrected chi connectivity index (χ0v) is 9.26. The van der Waals surface area contributed by atoms with Gasteiger partial charge in [0.1, 0.15) is 0 Å². The molecule has 62 valence electrons. The Labute approximate surface area is 75.6 Å². The summed E-state index contributed by atoms with van der Waals surface area (Å²) in [5, 5.41) is 0. The number of rotatable bonds is 1. The van der Waals surface area contributed by atoms with E-state index in [4.69, 9.17) is 0 Å². The molecule has 0 fully saturated rings. The lowest BCUT2D eigenvalue weighted by Crippen LogP contribution is -2.36. The van der Waals surface area contributed by atoms with E-state index < -0.39 is 0 Å². The lowest BCUT2D eigenvalue weighted by molar-refractivity contribution is 0.311. The van der Waals surface area contributed by atoms with Gasteiger partial charge in [-0.15, -0.1) is 0 Å². The van der Waals surface area contributed by atoms with Gasteiger partial charge in [-0.25, -0.2) is 0 Å². The summed E-state index contributed by atoms with van der Waals surface area (Å²) in [6, 6.07) is 0. The molecule has 0 rings (SSSR count). The van der Waals surface area contributed by atoms with Crippen molar-refractivity contribution in [3.05, 3.63) is 0 Å². The van der Waals surface area contributed by atoms with Gasteiger partial charge in [-0.05, 0) is 11.3 Å². The highest BCUT2D eigenvalue weighted by atomic mass is 32.2. The monoisotopic (exact) mass is 178 g/mol. The largest absolute Gasteiger partial charge is 0.161 e. The normalized spacial score (nSPS) is 14.4. The number of hydrogen-bond donors (Lipinski definition) is 2. The molecule has 0 saturated carbocycles. The zero-order valence-electron chi connectivity index (χ0n) is 7.47. The van der Waals surface area contributed by atoms with E-state index in [1.165, 1.54) is 0 Å². The van der Waals surface area contributed by atoms with E-state index >= 15 is 0 Å². The molecule has 0 nitrogen and oxygen atoms in total. The molecule has 0 radical (unpaired) electrons. The fraction of sp³-hybridized carbons (Fsp3) is 1.00. The molecule has 0 unspecified atom stereocenters. The minimum absolute atomic E-state index is 0.146. The van der Waals surface area contributed by atoms with E-state index in [1.807, 2.05) is 0 Å². The van der Waals surface area contributed by atoms with Crippen LogP contribution in [0.25, 0.3) is 0 Å². The Hall–Kier alpha value is 0.700. The molecule has 0 aliphatic carbocycles. The van der Waals surface area contributed by atoms with Crippen molar-refractivity contribution in [2.24, 2.45) is 11.3 Å². The van der Waals surface area contributed by atoms with Crippen LogP contribution in [0.15, 0.2) is 0 Å². The average Bonchev–Trinajstić information content (AvgIpc) is 1.62. The van der Waals surface area contributed by atoms with Crippen LogP contribution in [-0.2, 0) is 0 Å². The molecular formula is C8H18S2. The van der Waals surface area contributed by atoms with Crippen molar-refractivity contribution in [1.29, 1.82) is 0 Å². The van der Waals surface area contributed by atoms with Gasteiger partial charge in [0, 0.05) is 0 Å². The van der Waals surface area contributed by atoms with Crippen molar-refractivity contribution in [3.63, 3.8) is 0 Å². The molecule has 0 N–H and O–H groups in total. The molecule has 0 atom stereocenters. The summed E-state index contributed by atoms with van der Waals surface area (Å²) in [7, 11) is 0. The van der Waals surface area contributed by atoms with Gasteiger partial charge in [0.2, 0.25) is 0 Å². The van der Waals surface area contributed by atoms with Gasteiger partial charge in [-0.1, -0.05) is 34.6 Å². The summed E-state index contributed by atoms with van der Waals surface area (Å²) in [5.41, 5.74) is 0.146. The molecule has 0 aliphatic rings. The maximum atomic E-state index is 4.53. The molecule has 2 heteroatoms. The van der Waals surface area contributed by atoms with Crippen LogP contribution in [0.5, 0.6) is 0 Å². The van der Waals surface area contributed by atoms with Gasteiger partial charge in [-0.2, -0.15) is 25.3 Å². The second-order valence-corrected chi connectivity index (χ2v) is 5.89. The van der Waals surface area contributed by atoms with Crippen LogP contribution >= 0.6 is 25.3 Å². The first kappa shape index (κ1) is 10.7. The van der Waals surface area contributed by atoms with Crippen molar-refractivity contribution in [2.45, 2.75) is 38.7 Å². The van der Waals surface area contributed by atoms with Gasteiger partial charge in [0.25, 0.3) is 0 Å². The van der Waals surface area contributed by atoms with Crippen LogP contribution in [0.3, 0.4) is 0 Å². The van der Waals surface area contributed by atoms with Gasteiger partial charge in [0.05, 0.1) is 4.08 Å². The Balaban J connectivity index is 4.40. The summed E-state index contributed by atoms with van der Waals surface area (Å²) < 4.78 is -0.174. The number of thiol groups is 2. The van der Waals surface area contributed by atoms with E-state index in [9.17, 15) is 0 Å². The summed E-state index contributed by atoms with van der Waals surface area (Å²) in [5.74, 6) is 0.485. The first-order valence-corrected chi connectivity index (χ1v) is 4.54. The van der Waals surface area contributed by atoms with Gasteiger partial charge < -0.3 is 0 Å². The zero-order chi connectivity index (χ0) is 8.58. The molecule has 0 amide bonds. The molecule has 10 heavy (non-hydrogen) atoms. The van der Waals surface area contributed by atoms with Crippen LogP contribution in [-0.4, -0.2) is 4.08 Å². The maximum absolute atomic E-state index is 4.53. The Kier molecular flexibility index (Phi) is 3.19. The summed E-state index contributed by atoms with van der Waals surface area (Å²) in [6.07, 6.45) is 0. The molecule has 0 spiro atoms.